The normalized spacial score (nSPS) is 16.2. The average Bonchev–Trinajstić information content (AvgIpc) is 2.80. The Kier molecular flexibility index (Phi) is 6.55. The Bertz CT molecular complexity index is 1000. The molecule has 1 aromatic heterocycles. The van der Waals surface area contributed by atoms with Crippen LogP contribution in [0.4, 0.5) is 0 Å². The van der Waals surface area contributed by atoms with E-state index in [4.69, 9.17) is 14.5 Å². The van der Waals surface area contributed by atoms with Gasteiger partial charge in [-0.15, -0.1) is 0 Å². The minimum atomic E-state index is 0.247. The molecule has 4 rings (SSSR count). The quantitative estimate of drug-likeness (QED) is 0.522. The molecular weight excluding hydrogens is 372 g/mol. The Morgan fingerprint density at radius 1 is 0.933 bits per heavy atom. The lowest BCUT2D eigenvalue weighted by Gasteiger charge is -2.24. The van der Waals surface area contributed by atoms with E-state index in [1.165, 1.54) is 16.7 Å². The first-order valence-electron chi connectivity index (χ1n) is 10.5. The molecule has 2 aromatic carbocycles. The van der Waals surface area contributed by atoms with Crippen molar-refractivity contribution in [3.63, 3.8) is 0 Å². The molecule has 1 atom stereocenters. The lowest BCUT2D eigenvalue weighted by Crippen LogP contribution is -2.17. The van der Waals surface area contributed by atoms with Gasteiger partial charge in [0.05, 0.1) is 25.5 Å². The summed E-state index contributed by atoms with van der Waals surface area (Å²) in [7, 11) is 1.68. The summed E-state index contributed by atoms with van der Waals surface area (Å²) in [6.45, 7) is 2.59. The lowest BCUT2D eigenvalue weighted by atomic mass is 9.91. The highest BCUT2D eigenvalue weighted by atomic mass is 16.5. The number of allylic oxidation sites excluding steroid dienone is 1. The van der Waals surface area contributed by atoms with Crippen molar-refractivity contribution in [3.05, 3.63) is 94.9 Å². The summed E-state index contributed by atoms with van der Waals surface area (Å²) in [6.07, 6.45) is 6.13. The van der Waals surface area contributed by atoms with Gasteiger partial charge in [0.2, 0.25) is 5.88 Å². The summed E-state index contributed by atoms with van der Waals surface area (Å²) in [4.78, 5) is 9.36. The average molecular weight is 401 g/mol. The second kappa shape index (κ2) is 9.68. The number of nitrogens with zero attached hydrogens (tertiary/aromatic N) is 2. The second-order valence-electron chi connectivity index (χ2n) is 7.69. The fourth-order valence-corrected chi connectivity index (χ4v) is 3.93. The molecule has 3 aromatic rings. The van der Waals surface area contributed by atoms with Crippen LogP contribution in [0.15, 0.2) is 66.7 Å². The third-order valence-corrected chi connectivity index (χ3v) is 5.49. The van der Waals surface area contributed by atoms with E-state index in [0.717, 1.165) is 42.8 Å². The van der Waals surface area contributed by atoms with E-state index in [-0.39, 0.29) is 6.10 Å². The van der Waals surface area contributed by atoms with E-state index < -0.39 is 0 Å². The molecule has 0 saturated heterocycles. The standard InChI is InChI=1S/C26H28N2O2/c1-19-27-25(24(26(28-19)29-2)17-20-9-5-3-6-10-20)22-13-15-23(16-14-22)30-18-21-11-7-4-8-12-21/h3-13,23H,14-18H2,1-2H3. The van der Waals surface area contributed by atoms with Crippen molar-refractivity contribution < 1.29 is 9.47 Å². The third kappa shape index (κ3) is 4.95. The molecule has 0 saturated carbocycles. The molecule has 1 unspecified atom stereocenters. The van der Waals surface area contributed by atoms with Gasteiger partial charge < -0.3 is 9.47 Å². The van der Waals surface area contributed by atoms with Crippen LogP contribution in [0, 0.1) is 6.92 Å². The van der Waals surface area contributed by atoms with Gasteiger partial charge in [0.15, 0.2) is 0 Å². The van der Waals surface area contributed by atoms with E-state index in [0.29, 0.717) is 12.5 Å². The molecular formula is C26H28N2O2. The number of rotatable bonds is 7. The number of aromatic nitrogens is 2. The summed E-state index contributed by atoms with van der Waals surface area (Å²) in [5, 5.41) is 0. The molecule has 0 radical (unpaired) electrons. The van der Waals surface area contributed by atoms with Crippen LogP contribution in [-0.4, -0.2) is 23.2 Å². The van der Waals surface area contributed by atoms with Crippen molar-refractivity contribution in [2.45, 2.75) is 45.3 Å². The minimum absolute atomic E-state index is 0.247. The van der Waals surface area contributed by atoms with Gasteiger partial charge in [0.1, 0.15) is 5.82 Å². The first kappa shape index (κ1) is 20.3. The highest BCUT2D eigenvalue weighted by molar-refractivity contribution is 5.68. The Hall–Kier alpha value is -2.98. The SMILES string of the molecule is COc1nc(C)nc(C2=CCC(OCc3ccccc3)CC2)c1Cc1ccccc1. The van der Waals surface area contributed by atoms with Crippen LogP contribution in [0.5, 0.6) is 5.88 Å². The van der Waals surface area contributed by atoms with E-state index in [1.807, 2.05) is 19.1 Å². The summed E-state index contributed by atoms with van der Waals surface area (Å²) in [5.41, 5.74) is 5.79. The zero-order valence-corrected chi connectivity index (χ0v) is 17.7. The maximum Gasteiger partial charge on any atom is 0.220 e. The van der Waals surface area contributed by atoms with Crippen LogP contribution >= 0.6 is 0 Å². The molecule has 1 aliphatic rings. The highest BCUT2D eigenvalue weighted by Crippen LogP contribution is 2.33. The van der Waals surface area contributed by atoms with E-state index in [2.05, 4.69) is 59.6 Å². The molecule has 0 spiro atoms. The Morgan fingerprint density at radius 2 is 1.63 bits per heavy atom. The van der Waals surface area contributed by atoms with Crippen LogP contribution in [0.1, 0.15) is 47.5 Å². The topological polar surface area (TPSA) is 44.2 Å². The first-order chi connectivity index (χ1) is 14.7. The predicted octanol–water partition coefficient (Wildman–Crippen LogP) is 5.54. The Balaban J connectivity index is 1.53. The van der Waals surface area contributed by atoms with Gasteiger partial charge in [0, 0.05) is 12.0 Å². The summed E-state index contributed by atoms with van der Waals surface area (Å²) in [6, 6.07) is 20.8. The fourth-order valence-electron chi connectivity index (χ4n) is 3.93. The number of benzene rings is 2. The minimum Gasteiger partial charge on any atom is -0.481 e. The van der Waals surface area contributed by atoms with Crippen molar-refractivity contribution in [3.8, 4) is 5.88 Å². The van der Waals surface area contributed by atoms with Gasteiger partial charge in [-0.2, -0.15) is 4.98 Å². The lowest BCUT2D eigenvalue weighted by molar-refractivity contribution is 0.0359. The fraction of sp³-hybridized carbons (Fsp3) is 0.308. The molecule has 0 N–H and O–H groups in total. The summed E-state index contributed by atoms with van der Waals surface area (Å²) >= 11 is 0. The van der Waals surface area contributed by atoms with Gasteiger partial charge in [0.25, 0.3) is 0 Å². The van der Waals surface area contributed by atoms with Crippen LogP contribution in [0.2, 0.25) is 0 Å². The first-order valence-corrected chi connectivity index (χ1v) is 10.5. The zero-order valence-electron chi connectivity index (χ0n) is 17.7. The number of ether oxygens (including phenoxy) is 2. The van der Waals surface area contributed by atoms with E-state index in [9.17, 15) is 0 Å². The highest BCUT2D eigenvalue weighted by Gasteiger charge is 2.22. The molecule has 154 valence electrons. The van der Waals surface area contributed by atoms with Crippen molar-refractivity contribution in [2.24, 2.45) is 0 Å². The summed E-state index contributed by atoms with van der Waals surface area (Å²) < 4.78 is 11.8. The molecule has 0 aliphatic heterocycles. The molecule has 1 heterocycles. The van der Waals surface area contributed by atoms with E-state index in [1.54, 1.807) is 7.11 Å². The number of hydrogen-bond donors (Lipinski definition) is 0. The van der Waals surface area contributed by atoms with Crippen LogP contribution in [0.25, 0.3) is 5.57 Å². The molecule has 4 nitrogen and oxygen atoms in total. The molecule has 0 bridgehead atoms. The van der Waals surface area contributed by atoms with Crippen molar-refractivity contribution in [1.82, 2.24) is 9.97 Å². The number of methoxy groups -OCH3 is 1. The number of hydrogen-bond acceptors (Lipinski definition) is 4. The molecule has 0 fully saturated rings. The van der Waals surface area contributed by atoms with Crippen LogP contribution in [-0.2, 0) is 17.8 Å². The van der Waals surface area contributed by atoms with Crippen LogP contribution in [0.3, 0.4) is 0 Å². The predicted molar refractivity (Wildman–Crippen MR) is 119 cm³/mol. The van der Waals surface area contributed by atoms with Gasteiger partial charge in [-0.1, -0.05) is 66.7 Å². The van der Waals surface area contributed by atoms with Crippen molar-refractivity contribution in [2.75, 3.05) is 7.11 Å². The van der Waals surface area contributed by atoms with Gasteiger partial charge >= 0.3 is 0 Å². The van der Waals surface area contributed by atoms with Gasteiger partial charge in [-0.3, -0.25) is 0 Å². The maximum atomic E-state index is 6.15. The van der Waals surface area contributed by atoms with Gasteiger partial charge in [-0.25, -0.2) is 4.98 Å². The Labute approximate surface area is 178 Å². The van der Waals surface area contributed by atoms with Crippen molar-refractivity contribution >= 4 is 5.57 Å². The molecule has 30 heavy (non-hydrogen) atoms. The monoisotopic (exact) mass is 400 g/mol. The molecule has 4 heteroatoms. The zero-order chi connectivity index (χ0) is 20.8. The Morgan fingerprint density at radius 3 is 2.27 bits per heavy atom. The molecule has 0 amide bonds. The smallest absolute Gasteiger partial charge is 0.220 e. The summed E-state index contributed by atoms with van der Waals surface area (Å²) in [5.74, 6) is 1.41. The largest absolute Gasteiger partial charge is 0.481 e. The van der Waals surface area contributed by atoms with Crippen LogP contribution < -0.4 is 4.74 Å². The second-order valence-corrected chi connectivity index (χ2v) is 7.69. The van der Waals surface area contributed by atoms with Gasteiger partial charge in [-0.05, 0) is 42.9 Å². The molecule has 1 aliphatic carbocycles. The number of aryl methyl sites for hydroxylation is 1. The van der Waals surface area contributed by atoms with Crippen molar-refractivity contribution in [1.29, 1.82) is 0 Å². The third-order valence-electron chi connectivity index (χ3n) is 5.49. The van der Waals surface area contributed by atoms with E-state index >= 15 is 0 Å². The maximum absolute atomic E-state index is 6.15.